The molecule has 1 fully saturated rings. The van der Waals surface area contributed by atoms with Gasteiger partial charge in [0.05, 0.1) is 17.0 Å². The van der Waals surface area contributed by atoms with Crippen LogP contribution < -0.4 is 5.32 Å². The Morgan fingerprint density at radius 2 is 1.82 bits per heavy atom. The minimum Gasteiger partial charge on any atom is -0.481 e. The number of carbonyl (C=O) groups excluding carboxylic acids is 1. The van der Waals surface area contributed by atoms with Crippen LogP contribution in [0.5, 0.6) is 0 Å². The Bertz CT molecular complexity index is 1490. The zero-order valence-corrected chi connectivity index (χ0v) is 23.5. The molecule has 1 aromatic heterocycles. The number of carbonyl (C=O) groups is 2. The van der Waals surface area contributed by atoms with E-state index >= 15 is 0 Å². The van der Waals surface area contributed by atoms with Crippen LogP contribution >= 0.6 is 0 Å². The summed E-state index contributed by atoms with van der Waals surface area (Å²) in [7, 11) is 0. The minimum absolute atomic E-state index is 0.108. The number of imidazole rings is 1. The summed E-state index contributed by atoms with van der Waals surface area (Å²) in [6.07, 6.45) is 6.64. The van der Waals surface area contributed by atoms with Gasteiger partial charge in [-0.15, -0.1) is 0 Å². The van der Waals surface area contributed by atoms with Gasteiger partial charge in [0.2, 0.25) is 5.91 Å². The third-order valence-corrected chi connectivity index (χ3v) is 8.26. The molecule has 6 heteroatoms. The van der Waals surface area contributed by atoms with E-state index in [0.29, 0.717) is 13.0 Å². The van der Waals surface area contributed by atoms with E-state index in [4.69, 9.17) is 4.98 Å². The lowest BCUT2D eigenvalue weighted by atomic mass is 9.77. The van der Waals surface area contributed by atoms with Crippen molar-refractivity contribution in [2.75, 3.05) is 5.32 Å². The molecule has 2 N–H and O–H groups in total. The summed E-state index contributed by atoms with van der Waals surface area (Å²) in [6, 6.07) is 23.0. The Morgan fingerprint density at radius 3 is 2.58 bits per heavy atom. The van der Waals surface area contributed by atoms with E-state index in [2.05, 4.69) is 66.2 Å². The molecule has 4 aromatic rings. The van der Waals surface area contributed by atoms with Crippen molar-refractivity contribution in [1.82, 2.24) is 9.55 Å². The Balaban J connectivity index is 1.39. The van der Waals surface area contributed by atoms with Crippen LogP contribution in [0.4, 0.5) is 5.69 Å². The molecule has 0 spiro atoms. The molecule has 0 bridgehead atoms. The molecule has 1 aliphatic rings. The number of aliphatic carboxylic acids is 1. The van der Waals surface area contributed by atoms with Crippen LogP contribution in [0, 0.1) is 18.8 Å². The smallest absolute Gasteiger partial charge is 0.306 e. The number of hydrogen-bond acceptors (Lipinski definition) is 3. The van der Waals surface area contributed by atoms with E-state index in [-0.39, 0.29) is 18.2 Å². The van der Waals surface area contributed by atoms with Crippen molar-refractivity contribution in [3.63, 3.8) is 0 Å². The molecular weight excluding hydrogens is 498 g/mol. The van der Waals surface area contributed by atoms with E-state index in [0.717, 1.165) is 61.1 Å². The number of carboxylic acid groups (broad SMARTS) is 1. The maximum atomic E-state index is 13.0. The molecule has 208 valence electrons. The molecular formula is C34H39N3O3. The number of aryl methyl sites for hydroxylation is 2. The highest BCUT2D eigenvalue weighted by atomic mass is 16.4. The average molecular weight is 538 g/mol. The number of unbranched alkanes of at least 4 members (excludes halogenated alkanes) is 1. The van der Waals surface area contributed by atoms with Crippen molar-refractivity contribution in [3.05, 3.63) is 83.7 Å². The number of aromatic nitrogens is 2. The van der Waals surface area contributed by atoms with Gasteiger partial charge in [-0.05, 0) is 72.6 Å². The quantitative estimate of drug-likeness (QED) is 0.218. The fraction of sp³-hybridized carbons (Fsp3) is 0.382. The first-order valence-corrected chi connectivity index (χ1v) is 14.6. The predicted molar refractivity (Wildman–Crippen MR) is 160 cm³/mol. The molecule has 0 saturated heterocycles. The topological polar surface area (TPSA) is 84.2 Å². The van der Waals surface area contributed by atoms with Crippen molar-refractivity contribution in [1.29, 1.82) is 0 Å². The van der Waals surface area contributed by atoms with Crippen LogP contribution in [0.2, 0.25) is 0 Å². The van der Waals surface area contributed by atoms with E-state index in [1.807, 2.05) is 24.3 Å². The zero-order chi connectivity index (χ0) is 28.1. The lowest BCUT2D eigenvalue weighted by molar-refractivity contribution is -0.145. The highest BCUT2D eigenvalue weighted by Gasteiger charge is 2.32. The van der Waals surface area contributed by atoms with E-state index in [1.54, 1.807) is 0 Å². The van der Waals surface area contributed by atoms with Crippen molar-refractivity contribution in [2.24, 2.45) is 11.8 Å². The lowest BCUT2D eigenvalue weighted by Gasteiger charge is -2.27. The fourth-order valence-electron chi connectivity index (χ4n) is 6.13. The second-order valence-electron chi connectivity index (χ2n) is 11.2. The van der Waals surface area contributed by atoms with Gasteiger partial charge in [-0.25, -0.2) is 4.98 Å². The second kappa shape index (κ2) is 12.5. The number of anilines is 1. The Kier molecular flexibility index (Phi) is 8.63. The van der Waals surface area contributed by atoms with Crippen LogP contribution in [-0.2, 0) is 22.6 Å². The molecule has 5 rings (SSSR count). The van der Waals surface area contributed by atoms with Crippen molar-refractivity contribution < 1.29 is 14.7 Å². The summed E-state index contributed by atoms with van der Waals surface area (Å²) in [5, 5.41) is 12.6. The molecule has 3 aromatic carbocycles. The van der Waals surface area contributed by atoms with E-state index in [9.17, 15) is 14.7 Å². The SMILES string of the molecule is CCCCc1nc2ccc(NC(=O)CC3CCCCC3C(=O)O)cc2n1Cc1ccc(-c2ccccc2)c(C)c1. The first kappa shape index (κ1) is 27.6. The van der Waals surface area contributed by atoms with Gasteiger partial charge in [0.15, 0.2) is 0 Å². The van der Waals surface area contributed by atoms with Crippen LogP contribution in [0.3, 0.4) is 0 Å². The molecule has 1 heterocycles. The number of nitrogens with zero attached hydrogens (tertiary/aromatic N) is 2. The average Bonchev–Trinajstić information content (AvgIpc) is 3.28. The first-order valence-electron chi connectivity index (χ1n) is 14.6. The standard InChI is InChI=1S/C34H39N3O3/c1-3-4-14-32-36-30-18-16-27(35-33(38)20-26-12-8-9-13-29(26)34(39)40)21-31(30)37(32)22-24-15-17-28(23(2)19-24)25-10-6-5-7-11-25/h5-7,10-11,15-19,21,26,29H,3-4,8-9,12-14,20,22H2,1-2H3,(H,35,38)(H,39,40). The number of rotatable bonds is 10. The van der Waals surface area contributed by atoms with E-state index in [1.165, 1.54) is 22.3 Å². The van der Waals surface area contributed by atoms with Gasteiger partial charge in [-0.2, -0.15) is 0 Å². The van der Waals surface area contributed by atoms with Gasteiger partial charge in [-0.1, -0.05) is 74.7 Å². The third kappa shape index (κ3) is 6.27. The van der Waals surface area contributed by atoms with Crippen LogP contribution in [0.25, 0.3) is 22.2 Å². The molecule has 1 amide bonds. The van der Waals surface area contributed by atoms with Crippen LogP contribution in [0.15, 0.2) is 66.7 Å². The number of benzene rings is 3. The summed E-state index contributed by atoms with van der Waals surface area (Å²) in [5.41, 5.74) is 7.53. The monoisotopic (exact) mass is 537 g/mol. The fourth-order valence-corrected chi connectivity index (χ4v) is 6.13. The van der Waals surface area contributed by atoms with Gasteiger partial charge >= 0.3 is 5.97 Å². The predicted octanol–water partition coefficient (Wildman–Crippen LogP) is 7.62. The van der Waals surface area contributed by atoms with Gasteiger partial charge in [0.1, 0.15) is 5.82 Å². The lowest BCUT2D eigenvalue weighted by Crippen LogP contribution is -2.30. The summed E-state index contributed by atoms with van der Waals surface area (Å²) < 4.78 is 2.28. The molecule has 1 saturated carbocycles. The number of fused-ring (bicyclic) bond motifs is 1. The number of amides is 1. The van der Waals surface area contributed by atoms with Gasteiger partial charge < -0.3 is 15.0 Å². The Hall–Kier alpha value is -3.93. The molecule has 2 atom stereocenters. The molecule has 2 unspecified atom stereocenters. The van der Waals surface area contributed by atoms with Crippen molar-refractivity contribution in [2.45, 2.75) is 71.8 Å². The molecule has 40 heavy (non-hydrogen) atoms. The Morgan fingerprint density at radius 1 is 1.02 bits per heavy atom. The molecule has 1 aliphatic carbocycles. The molecule has 6 nitrogen and oxygen atoms in total. The summed E-state index contributed by atoms with van der Waals surface area (Å²) in [6.45, 7) is 5.05. The van der Waals surface area contributed by atoms with Crippen LogP contribution in [-0.4, -0.2) is 26.5 Å². The third-order valence-electron chi connectivity index (χ3n) is 8.26. The first-order chi connectivity index (χ1) is 19.4. The normalized spacial score (nSPS) is 17.1. The zero-order valence-electron chi connectivity index (χ0n) is 23.5. The summed E-state index contributed by atoms with van der Waals surface area (Å²) in [5.74, 6) is -0.391. The van der Waals surface area contributed by atoms with Crippen molar-refractivity contribution >= 4 is 28.6 Å². The number of hydrogen-bond donors (Lipinski definition) is 2. The van der Waals surface area contributed by atoms with Gasteiger partial charge in [-0.3, -0.25) is 9.59 Å². The van der Waals surface area contributed by atoms with E-state index < -0.39 is 11.9 Å². The van der Waals surface area contributed by atoms with Crippen LogP contribution in [0.1, 0.15) is 68.8 Å². The highest BCUT2D eigenvalue weighted by molar-refractivity contribution is 5.93. The number of carboxylic acids is 1. The number of nitrogens with one attached hydrogen (secondary N) is 1. The largest absolute Gasteiger partial charge is 0.481 e. The second-order valence-corrected chi connectivity index (χ2v) is 11.2. The molecule has 0 radical (unpaired) electrons. The highest BCUT2D eigenvalue weighted by Crippen LogP contribution is 2.33. The maximum absolute atomic E-state index is 13.0. The van der Waals surface area contributed by atoms with Gasteiger partial charge in [0.25, 0.3) is 0 Å². The molecule has 0 aliphatic heterocycles. The maximum Gasteiger partial charge on any atom is 0.306 e. The van der Waals surface area contributed by atoms with Gasteiger partial charge in [0, 0.05) is 25.1 Å². The Labute approximate surface area is 236 Å². The summed E-state index contributed by atoms with van der Waals surface area (Å²) >= 11 is 0. The van der Waals surface area contributed by atoms with Crippen molar-refractivity contribution in [3.8, 4) is 11.1 Å². The minimum atomic E-state index is -0.783. The summed E-state index contributed by atoms with van der Waals surface area (Å²) in [4.78, 5) is 29.6.